The van der Waals surface area contributed by atoms with Gasteiger partial charge in [-0.1, -0.05) is 60.7 Å². The van der Waals surface area contributed by atoms with E-state index in [4.69, 9.17) is 4.74 Å². The standard InChI is InChI=1S/C21H24N2O3/c1-26-13-12-23-15-18(14-19(23)24)21(25)22-20(16-8-4-2-5-9-16)17-10-6-3-7-11-17/h2-11,18,20H,12-15H2,1H3,(H,22,25). The number of hydrogen-bond acceptors (Lipinski definition) is 3. The van der Waals surface area contributed by atoms with Gasteiger partial charge in [0.2, 0.25) is 11.8 Å². The van der Waals surface area contributed by atoms with Gasteiger partial charge in [0.05, 0.1) is 18.6 Å². The van der Waals surface area contributed by atoms with Gasteiger partial charge in [-0.25, -0.2) is 0 Å². The van der Waals surface area contributed by atoms with Gasteiger partial charge in [0, 0.05) is 26.6 Å². The van der Waals surface area contributed by atoms with Gasteiger partial charge in [0.25, 0.3) is 0 Å². The molecular weight excluding hydrogens is 328 g/mol. The molecule has 0 saturated carbocycles. The zero-order valence-corrected chi connectivity index (χ0v) is 14.9. The molecule has 136 valence electrons. The molecule has 2 aromatic carbocycles. The molecule has 5 nitrogen and oxygen atoms in total. The predicted octanol–water partition coefficient (Wildman–Crippen LogP) is 2.39. The van der Waals surface area contributed by atoms with E-state index < -0.39 is 0 Å². The highest BCUT2D eigenvalue weighted by atomic mass is 16.5. The molecule has 2 amide bonds. The monoisotopic (exact) mass is 352 g/mol. The molecule has 2 aromatic rings. The summed E-state index contributed by atoms with van der Waals surface area (Å²) in [5.41, 5.74) is 2.04. The molecule has 0 bridgehead atoms. The minimum atomic E-state index is -0.325. The van der Waals surface area contributed by atoms with Crippen LogP contribution < -0.4 is 5.32 Å². The smallest absolute Gasteiger partial charge is 0.226 e. The number of nitrogens with one attached hydrogen (secondary N) is 1. The third-order valence-electron chi connectivity index (χ3n) is 4.70. The number of benzene rings is 2. The molecule has 1 aliphatic heterocycles. The van der Waals surface area contributed by atoms with Crippen molar-refractivity contribution in [3.63, 3.8) is 0 Å². The lowest BCUT2D eigenvalue weighted by atomic mass is 9.97. The summed E-state index contributed by atoms with van der Waals surface area (Å²) in [6, 6.07) is 19.5. The normalized spacial score (nSPS) is 16.9. The van der Waals surface area contributed by atoms with Crippen LogP contribution in [0.25, 0.3) is 0 Å². The number of hydrogen-bond donors (Lipinski definition) is 1. The Morgan fingerprint density at radius 3 is 2.23 bits per heavy atom. The van der Waals surface area contributed by atoms with Crippen LogP contribution in [0, 0.1) is 5.92 Å². The number of ether oxygens (including phenoxy) is 1. The fourth-order valence-corrected chi connectivity index (χ4v) is 3.28. The van der Waals surface area contributed by atoms with Gasteiger partial charge in [0.1, 0.15) is 0 Å². The Labute approximate surface area is 154 Å². The van der Waals surface area contributed by atoms with Crippen LogP contribution in [-0.2, 0) is 14.3 Å². The minimum absolute atomic E-state index is 0.0122. The van der Waals surface area contributed by atoms with Crippen molar-refractivity contribution in [3.05, 3.63) is 71.8 Å². The number of carbonyl (C=O) groups excluding carboxylic acids is 2. The first-order valence-corrected chi connectivity index (χ1v) is 8.86. The Balaban J connectivity index is 1.73. The SMILES string of the molecule is COCCN1CC(C(=O)NC(c2ccccc2)c2ccccc2)CC1=O. The number of nitrogens with zero attached hydrogens (tertiary/aromatic N) is 1. The van der Waals surface area contributed by atoms with E-state index >= 15 is 0 Å². The second-order valence-corrected chi connectivity index (χ2v) is 6.50. The Morgan fingerprint density at radius 2 is 1.69 bits per heavy atom. The summed E-state index contributed by atoms with van der Waals surface area (Å²) in [5, 5.41) is 3.14. The number of carbonyl (C=O) groups is 2. The zero-order chi connectivity index (χ0) is 18.4. The van der Waals surface area contributed by atoms with Crippen molar-refractivity contribution < 1.29 is 14.3 Å². The summed E-state index contributed by atoms with van der Waals surface area (Å²) in [4.78, 5) is 26.7. The lowest BCUT2D eigenvalue weighted by Crippen LogP contribution is -2.36. The number of methoxy groups -OCH3 is 1. The molecule has 0 aromatic heterocycles. The third kappa shape index (κ3) is 4.29. The van der Waals surface area contributed by atoms with E-state index in [9.17, 15) is 9.59 Å². The molecule has 1 fully saturated rings. The van der Waals surface area contributed by atoms with Gasteiger partial charge < -0.3 is 15.0 Å². The molecule has 26 heavy (non-hydrogen) atoms. The highest BCUT2D eigenvalue weighted by Gasteiger charge is 2.35. The summed E-state index contributed by atoms with van der Waals surface area (Å²) < 4.78 is 5.03. The highest BCUT2D eigenvalue weighted by molar-refractivity contribution is 5.89. The summed E-state index contributed by atoms with van der Waals surface area (Å²) in [5.74, 6) is -0.400. The molecule has 1 saturated heterocycles. The van der Waals surface area contributed by atoms with Crippen LogP contribution in [0.15, 0.2) is 60.7 Å². The van der Waals surface area contributed by atoms with E-state index in [2.05, 4.69) is 5.32 Å². The van der Waals surface area contributed by atoms with E-state index in [1.807, 2.05) is 60.7 Å². The van der Waals surface area contributed by atoms with Crippen LogP contribution in [0.3, 0.4) is 0 Å². The first-order valence-electron chi connectivity index (χ1n) is 8.86. The molecule has 1 heterocycles. The van der Waals surface area contributed by atoms with Crippen molar-refractivity contribution in [1.29, 1.82) is 0 Å². The Morgan fingerprint density at radius 1 is 1.12 bits per heavy atom. The van der Waals surface area contributed by atoms with Crippen molar-refractivity contribution in [2.45, 2.75) is 12.5 Å². The highest BCUT2D eigenvalue weighted by Crippen LogP contribution is 2.24. The van der Waals surface area contributed by atoms with Gasteiger partial charge in [-0.05, 0) is 11.1 Å². The maximum absolute atomic E-state index is 12.8. The largest absolute Gasteiger partial charge is 0.383 e. The van der Waals surface area contributed by atoms with Crippen molar-refractivity contribution in [2.75, 3.05) is 26.8 Å². The second-order valence-electron chi connectivity index (χ2n) is 6.50. The maximum Gasteiger partial charge on any atom is 0.226 e. The average molecular weight is 352 g/mol. The maximum atomic E-state index is 12.8. The van der Waals surface area contributed by atoms with Gasteiger partial charge in [-0.15, -0.1) is 0 Å². The third-order valence-corrected chi connectivity index (χ3v) is 4.70. The van der Waals surface area contributed by atoms with Crippen LogP contribution in [0.4, 0.5) is 0 Å². The van der Waals surface area contributed by atoms with Crippen LogP contribution in [0.5, 0.6) is 0 Å². The topological polar surface area (TPSA) is 58.6 Å². The van der Waals surface area contributed by atoms with Gasteiger partial charge in [-0.3, -0.25) is 9.59 Å². The molecule has 5 heteroatoms. The van der Waals surface area contributed by atoms with Crippen LogP contribution in [-0.4, -0.2) is 43.5 Å². The Bertz CT molecular complexity index is 694. The van der Waals surface area contributed by atoms with Crippen molar-refractivity contribution in [2.24, 2.45) is 5.92 Å². The summed E-state index contributed by atoms with van der Waals surface area (Å²) in [6.07, 6.45) is 0.256. The predicted molar refractivity (Wildman–Crippen MR) is 99.4 cm³/mol. The molecule has 1 aliphatic rings. The van der Waals surface area contributed by atoms with Crippen LogP contribution >= 0.6 is 0 Å². The molecule has 1 N–H and O–H groups in total. The summed E-state index contributed by atoms with van der Waals surface area (Å²) in [6.45, 7) is 1.46. The molecule has 3 rings (SSSR count). The molecular formula is C21H24N2O3. The van der Waals surface area contributed by atoms with Crippen LogP contribution in [0.2, 0.25) is 0 Å². The van der Waals surface area contributed by atoms with E-state index in [0.29, 0.717) is 19.7 Å². The lowest BCUT2D eigenvalue weighted by molar-refractivity contribution is -0.129. The first kappa shape index (κ1) is 18.1. The molecule has 0 radical (unpaired) electrons. The van der Waals surface area contributed by atoms with E-state index in [1.54, 1.807) is 12.0 Å². The average Bonchev–Trinajstić information content (AvgIpc) is 3.06. The van der Waals surface area contributed by atoms with Gasteiger partial charge in [0.15, 0.2) is 0 Å². The van der Waals surface area contributed by atoms with Crippen LogP contribution in [0.1, 0.15) is 23.6 Å². The van der Waals surface area contributed by atoms with Crippen molar-refractivity contribution >= 4 is 11.8 Å². The van der Waals surface area contributed by atoms with Gasteiger partial charge >= 0.3 is 0 Å². The van der Waals surface area contributed by atoms with E-state index in [-0.39, 0.29) is 30.2 Å². The van der Waals surface area contributed by atoms with E-state index in [0.717, 1.165) is 11.1 Å². The lowest BCUT2D eigenvalue weighted by Gasteiger charge is -2.22. The van der Waals surface area contributed by atoms with Crippen molar-refractivity contribution in [1.82, 2.24) is 10.2 Å². The van der Waals surface area contributed by atoms with Gasteiger partial charge in [-0.2, -0.15) is 0 Å². The second kappa shape index (κ2) is 8.63. The quantitative estimate of drug-likeness (QED) is 0.832. The number of likely N-dealkylation sites (tertiary alicyclic amines) is 1. The zero-order valence-electron chi connectivity index (χ0n) is 14.9. The summed E-state index contributed by atoms with van der Waals surface area (Å²) >= 11 is 0. The number of rotatable bonds is 7. The fraction of sp³-hybridized carbons (Fsp3) is 0.333. The molecule has 1 atom stereocenters. The molecule has 1 unspecified atom stereocenters. The van der Waals surface area contributed by atoms with E-state index in [1.165, 1.54) is 0 Å². The first-order chi connectivity index (χ1) is 12.7. The molecule has 0 spiro atoms. The Hall–Kier alpha value is -2.66. The van der Waals surface area contributed by atoms with Crippen molar-refractivity contribution in [3.8, 4) is 0 Å². The summed E-state index contributed by atoms with van der Waals surface area (Å²) in [7, 11) is 1.61. The fourth-order valence-electron chi connectivity index (χ4n) is 3.28. The minimum Gasteiger partial charge on any atom is -0.383 e. The molecule has 0 aliphatic carbocycles. The Kier molecular flexibility index (Phi) is 6.02. The number of amides is 2.